The van der Waals surface area contributed by atoms with Crippen LogP contribution in [0.1, 0.15) is 6.42 Å². The van der Waals surface area contributed by atoms with Gasteiger partial charge in [-0.25, -0.2) is 0 Å². The zero-order chi connectivity index (χ0) is 8.32. The Labute approximate surface area is 67.2 Å². The van der Waals surface area contributed by atoms with Gasteiger partial charge in [0.2, 0.25) is 0 Å². The predicted molar refractivity (Wildman–Crippen MR) is 39.8 cm³/mol. The smallest absolute Gasteiger partial charge is 0.160 e. The van der Waals surface area contributed by atoms with E-state index < -0.39 is 5.51 Å². The molecule has 0 fully saturated rings. The molecule has 1 aliphatic carbocycles. The Morgan fingerprint density at radius 2 is 2.09 bits per heavy atom. The summed E-state index contributed by atoms with van der Waals surface area (Å²) in [5.74, 6) is 0. The highest BCUT2D eigenvalue weighted by atomic mass is 32.2. The Balaban J connectivity index is 2.49. The van der Waals surface area contributed by atoms with Gasteiger partial charge in [0.15, 0.2) is 0 Å². The summed E-state index contributed by atoms with van der Waals surface area (Å²) >= 11 is -0.0680. The molecule has 0 heterocycles. The molecule has 0 aliphatic heterocycles. The van der Waals surface area contributed by atoms with Gasteiger partial charge in [-0.15, -0.1) is 0 Å². The van der Waals surface area contributed by atoms with E-state index in [-0.39, 0.29) is 16.7 Å². The van der Waals surface area contributed by atoms with E-state index in [2.05, 4.69) is 0 Å². The van der Waals surface area contributed by atoms with Crippen molar-refractivity contribution >= 4 is 11.8 Å². The van der Waals surface area contributed by atoms with Crippen molar-refractivity contribution in [1.29, 1.82) is 0 Å². The molecule has 0 aromatic rings. The number of allylic oxidation sites excluding steroid dienone is 3. The van der Waals surface area contributed by atoms with E-state index >= 15 is 0 Å². The second kappa shape index (κ2) is 3.34. The quantitative estimate of drug-likeness (QED) is 0.595. The summed E-state index contributed by atoms with van der Waals surface area (Å²) in [4.78, 5) is 0.278. The van der Waals surface area contributed by atoms with E-state index in [0.717, 1.165) is 0 Å². The van der Waals surface area contributed by atoms with Gasteiger partial charge in [-0.05, 0) is 24.6 Å². The maximum atomic E-state index is 11.7. The highest BCUT2D eigenvalue weighted by molar-refractivity contribution is 8.04. The molecule has 0 aromatic heterocycles. The molecule has 0 amide bonds. The van der Waals surface area contributed by atoms with Crippen molar-refractivity contribution in [3.05, 3.63) is 29.6 Å². The van der Waals surface area contributed by atoms with Crippen LogP contribution >= 0.6 is 11.8 Å². The average Bonchev–Trinajstić information content (AvgIpc) is 1.85. The van der Waals surface area contributed by atoms with Crippen molar-refractivity contribution in [2.75, 3.05) is 0 Å². The lowest BCUT2D eigenvalue weighted by Crippen LogP contribution is -2.00. The fourth-order valence-electron chi connectivity index (χ4n) is 0.703. The summed E-state index contributed by atoms with van der Waals surface area (Å²) in [5.41, 5.74) is -4.16. The van der Waals surface area contributed by atoms with Crippen LogP contribution in [-0.4, -0.2) is 5.51 Å². The van der Waals surface area contributed by atoms with Crippen LogP contribution in [0.2, 0.25) is 0 Å². The van der Waals surface area contributed by atoms with E-state index in [0.29, 0.717) is 6.42 Å². The number of alkyl halides is 3. The zero-order valence-corrected chi connectivity index (χ0v) is 6.38. The number of hydrogen-bond acceptors (Lipinski definition) is 1. The van der Waals surface area contributed by atoms with Gasteiger partial charge in [0.1, 0.15) is 0 Å². The summed E-state index contributed by atoms with van der Waals surface area (Å²) in [6.07, 6.45) is 7.04. The van der Waals surface area contributed by atoms with E-state index in [4.69, 9.17) is 0 Å². The van der Waals surface area contributed by atoms with Crippen molar-refractivity contribution in [3.8, 4) is 0 Å². The molecule has 0 saturated heterocycles. The van der Waals surface area contributed by atoms with E-state index in [1.165, 1.54) is 6.08 Å². The van der Waals surface area contributed by atoms with Crippen LogP contribution in [0.4, 0.5) is 13.2 Å². The van der Waals surface area contributed by atoms with Crippen molar-refractivity contribution in [2.45, 2.75) is 11.9 Å². The molecule has 0 nitrogen and oxygen atoms in total. The Hall–Kier alpha value is -0.380. The van der Waals surface area contributed by atoms with Gasteiger partial charge in [-0.2, -0.15) is 13.2 Å². The van der Waals surface area contributed by atoms with E-state index in [9.17, 15) is 13.2 Å². The third-order valence-corrected chi connectivity index (χ3v) is 1.86. The predicted octanol–water partition coefficient (Wildman–Crippen LogP) is 3.29. The summed E-state index contributed by atoms with van der Waals surface area (Å²) in [6, 6.07) is 0. The molecule has 0 atom stereocenters. The van der Waals surface area contributed by atoms with Crippen molar-refractivity contribution < 1.29 is 13.2 Å². The topological polar surface area (TPSA) is 0 Å². The van der Waals surface area contributed by atoms with E-state index in [1.54, 1.807) is 18.6 Å². The summed E-state index contributed by atoms with van der Waals surface area (Å²) in [5, 5.41) is 0. The monoisotopic (exact) mass is 179 g/mol. The number of hydrogen-bond donors (Lipinski definition) is 0. The lowest BCUT2D eigenvalue weighted by molar-refractivity contribution is -0.0321. The standard InChI is InChI=1S/C7H6F3S/c8-7(9,10)11-6-4-2-1-3-5-6/h1-2,4-5H,3H2. The van der Waals surface area contributed by atoms with Crippen LogP contribution in [0.25, 0.3) is 0 Å². The largest absolute Gasteiger partial charge is 0.446 e. The van der Waals surface area contributed by atoms with Gasteiger partial charge in [0.25, 0.3) is 0 Å². The lowest BCUT2D eigenvalue weighted by Gasteiger charge is -2.08. The SMILES string of the molecule is FC(F)(F)SC1=CC[CH]C=C1. The fraction of sp³-hybridized carbons (Fsp3) is 0.286. The second-order valence-electron chi connectivity index (χ2n) is 1.98. The number of thioether (sulfide) groups is 1. The normalized spacial score (nSPS) is 18.3. The Morgan fingerprint density at radius 3 is 2.55 bits per heavy atom. The summed E-state index contributed by atoms with van der Waals surface area (Å²) in [6.45, 7) is 0. The molecule has 0 spiro atoms. The summed E-state index contributed by atoms with van der Waals surface area (Å²) < 4.78 is 35.2. The third-order valence-electron chi connectivity index (χ3n) is 1.09. The van der Waals surface area contributed by atoms with Gasteiger partial charge < -0.3 is 0 Å². The van der Waals surface area contributed by atoms with Crippen molar-refractivity contribution in [2.24, 2.45) is 0 Å². The van der Waals surface area contributed by atoms with Crippen LogP contribution < -0.4 is 0 Å². The Bertz CT molecular complexity index is 190. The first-order valence-electron chi connectivity index (χ1n) is 3.04. The van der Waals surface area contributed by atoms with Gasteiger partial charge in [0, 0.05) is 4.91 Å². The summed E-state index contributed by atoms with van der Waals surface area (Å²) in [7, 11) is 0. The molecule has 1 aliphatic rings. The van der Waals surface area contributed by atoms with E-state index in [1.807, 2.05) is 0 Å². The molecule has 0 bridgehead atoms. The maximum absolute atomic E-state index is 11.7. The minimum absolute atomic E-state index is 0.0680. The minimum Gasteiger partial charge on any atom is -0.160 e. The molecular weight excluding hydrogens is 173 g/mol. The zero-order valence-electron chi connectivity index (χ0n) is 5.56. The lowest BCUT2D eigenvalue weighted by atomic mass is 10.2. The molecule has 0 unspecified atom stereocenters. The van der Waals surface area contributed by atoms with Crippen LogP contribution in [0, 0.1) is 6.42 Å². The average molecular weight is 179 g/mol. The molecule has 1 radical (unpaired) electrons. The minimum atomic E-state index is -4.16. The molecule has 61 valence electrons. The van der Waals surface area contributed by atoms with Gasteiger partial charge in [0.05, 0.1) is 0 Å². The highest BCUT2D eigenvalue weighted by Crippen LogP contribution is 2.37. The Kier molecular flexibility index (Phi) is 2.65. The first-order valence-corrected chi connectivity index (χ1v) is 3.85. The van der Waals surface area contributed by atoms with Gasteiger partial charge >= 0.3 is 5.51 Å². The number of rotatable bonds is 1. The molecule has 11 heavy (non-hydrogen) atoms. The van der Waals surface area contributed by atoms with Crippen LogP contribution in [0.15, 0.2) is 23.1 Å². The van der Waals surface area contributed by atoms with Crippen LogP contribution in [-0.2, 0) is 0 Å². The Morgan fingerprint density at radius 1 is 1.36 bits per heavy atom. The second-order valence-corrected chi connectivity index (χ2v) is 3.12. The van der Waals surface area contributed by atoms with Crippen molar-refractivity contribution in [1.82, 2.24) is 0 Å². The van der Waals surface area contributed by atoms with Crippen LogP contribution in [0.5, 0.6) is 0 Å². The van der Waals surface area contributed by atoms with Gasteiger partial charge in [-0.1, -0.05) is 18.2 Å². The molecule has 1 rings (SSSR count). The first kappa shape index (κ1) is 8.71. The van der Waals surface area contributed by atoms with Crippen LogP contribution in [0.3, 0.4) is 0 Å². The molecular formula is C7H6F3S. The maximum Gasteiger partial charge on any atom is 0.446 e. The first-order chi connectivity index (χ1) is 5.08. The molecule has 4 heteroatoms. The molecule has 0 aromatic carbocycles. The van der Waals surface area contributed by atoms with Gasteiger partial charge in [-0.3, -0.25) is 0 Å². The highest BCUT2D eigenvalue weighted by Gasteiger charge is 2.29. The fourth-order valence-corrected chi connectivity index (χ4v) is 1.30. The molecule has 0 saturated carbocycles. The number of halogens is 3. The third kappa shape index (κ3) is 3.51. The van der Waals surface area contributed by atoms with Crippen molar-refractivity contribution in [3.63, 3.8) is 0 Å². The molecule has 0 N–H and O–H groups in total.